The van der Waals surface area contributed by atoms with E-state index in [1.807, 2.05) is 13.8 Å². The van der Waals surface area contributed by atoms with Crippen LogP contribution >= 0.6 is 0 Å². The van der Waals surface area contributed by atoms with Gasteiger partial charge in [0.05, 0.1) is 6.42 Å². The third kappa shape index (κ3) is 5.07. The van der Waals surface area contributed by atoms with Crippen molar-refractivity contribution in [3.63, 3.8) is 0 Å². The average molecular weight is 128 g/mol. The SMILES string of the molecule is CCC(C)=CCC(=O)O. The molecule has 2 heteroatoms. The zero-order chi connectivity index (χ0) is 7.28. The fraction of sp³-hybridized carbons (Fsp3) is 0.571. The minimum Gasteiger partial charge on any atom is -0.481 e. The predicted molar refractivity (Wildman–Crippen MR) is 36.3 cm³/mol. The molecule has 0 aromatic rings. The van der Waals surface area contributed by atoms with Gasteiger partial charge in [-0.1, -0.05) is 18.6 Å². The first-order chi connectivity index (χ1) is 4.16. The van der Waals surface area contributed by atoms with Crippen LogP contribution < -0.4 is 0 Å². The quantitative estimate of drug-likeness (QED) is 0.588. The van der Waals surface area contributed by atoms with Gasteiger partial charge in [-0.15, -0.1) is 0 Å². The molecule has 0 rings (SSSR count). The van der Waals surface area contributed by atoms with Crippen LogP contribution in [0.4, 0.5) is 0 Å². The predicted octanol–water partition coefficient (Wildman–Crippen LogP) is 1.82. The van der Waals surface area contributed by atoms with E-state index < -0.39 is 5.97 Å². The molecule has 0 radical (unpaired) electrons. The molecule has 0 heterocycles. The van der Waals surface area contributed by atoms with E-state index in [4.69, 9.17) is 5.11 Å². The van der Waals surface area contributed by atoms with Crippen molar-refractivity contribution in [2.75, 3.05) is 0 Å². The van der Waals surface area contributed by atoms with Gasteiger partial charge in [0.25, 0.3) is 0 Å². The van der Waals surface area contributed by atoms with Gasteiger partial charge >= 0.3 is 5.97 Å². The Bertz CT molecular complexity index is 125. The second kappa shape index (κ2) is 4.13. The van der Waals surface area contributed by atoms with Gasteiger partial charge in [-0.25, -0.2) is 0 Å². The smallest absolute Gasteiger partial charge is 0.307 e. The van der Waals surface area contributed by atoms with Crippen LogP contribution in [0.3, 0.4) is 0 Å². The molecule has 0 aliphatic carbocycles. The Morgan fingerprint density at radius 3 is 2.56 bits per heavy atom. The lowest BCUT2D eigenvalue weighted by Crippen LogP contribution is -1.90. The Labute approximate surface area is 55.2 Å². The molecule has 0 atom stereocenters. The van der Waals surface area contributed by atoms with E-state index in [9.17, 15) is 4.79 Å². The zero-order valence-electron chi connectivity index (χ0n) is 5.85. The van der Waals surface area contributed by atoms with Gasteiger partial charge in [0, 0.05) is 0 Å². The number of carboxylic acid groups (broad SMARTS) is 1. The maximum Gasteiger partial charge on any atom is 0.307 e. The van der Waals surface area contributed by atoms with Crippen LogP contribution in [-0.4, -0.2) is 11.1 Å². The van der Waals surface area contributed by atoms with Crippen molar-refractivity contribution in [1.82, 2.24) is 0 Å². The van der Waals surface area contributed by atoms with Gasteiger partial charge in [0.2, 0.25) is 0 Å². The molecule has 0 spiro atoms. The standard InChI is InChI=1S/C7H12O2/c1-3-6(2)4-5-7(8)9/h4H,3,5H2,1-2H3,(H,8,9). The third-order valence-electron chi connectivity index (χ3n) is 1.18. The molecular formula is C7H12O2. The summed E-state index contributed by atoms with van der Waals surface area (Å²) in [6.45, 7) is 3.94. The molecule has 0 saturated heterocycles. The summed E-state index contributed by atoms with van der Waals surface area (Å²) >= 11 is 0. The highest BCUT2D eigenvalue weighted by atomic mass is 16.4. The molecule has 0 aromatic carbocycles. The molecule has 0 aromatic heterocycles. The van der Waals surface area contributed by atoms with E-state index in [1.54, 1.807) is 6.08 Å². The Balaban J connectivity index is 3.56. The maximum absolute atomic E-state index is 9.98. The van der Waals surface area contributed by atoms with E-state index in [-0.39, 0.29) is 6.42 Å². The van der Waals surface area contributed by atoms with Crippen LogP contribution in [0.25, 0.3) is 0 Å². The molecule has 1 N–H and O–H groups in total. The number of allylic oxidation sites excluding steroid dienone is 1. The summed E-state index contributed by atoms with van der Waals surface area (Å²) in [4.78, 5) is 9.98. The fourth-order valence-corrected chi connectivity index (χ4v) is 0.406. The van der Waals surface area contributed by atoms with E-state index >= 15 is 0 Å². The van der Waals surface area contributed by atoms with Crippen molar-refractivity contribution < 1.29 is 9.90 Å². The summed E-state index contributed by atoms with van der Waals surface area (Å²) in [7, 11) is 0. The Morgan fingerprint density at radius 1 is 1.67 bits per heavy atom. The van der Waals surface area contributed by atoms with E-state index in [0.29, 0.717) is 0 Å². The Hall–Kier alpha value is -0.790. The van der Waals surface area contributed by atoms with Crippen LogP contribution in [0.2, 0.25) is 0 Å². The second-order valence-electron chi connectivity index (χ2n) is 2.00. The van der Waals surface area contributed by atoms with Crippen molar-refractivity contribution in [2.45, 2.75) is 26.7 Å². The largest absolute Gasteiger partial charge is 0.481 e. The molecule has 9 heavy (non-hydrogen) atoms. The number of aliphatic carboxylic acids is 1. The summed E-state index contributed by atoms with van der Waals surface area (Å²) in [5.41, 5.74) is 1.14. The first-order valence-corrected chi connectivity index (χ1v) is 3.04. The minimum absolute atomic E-state index is 0.152. The van der Waals surface area contributed by atoms with Crippen LogP contribution in [0.5, 0.6) is 0 Å². The molecule has 0 amide bonds. The summed E-state index contributed by atoms with van der Waals surface area (Å²) < 4.78 is 0. The fourth-order valence-electron chi connectivity index (χ4n) is 0.406. The minimum atomic E-state index is -0.761. The number of hydrogen-bond acceptors (Lipinski definition) is 1. The number of carbonyl (C=O) groups is 1. The van der Waals surface area contributed by atoms with Crippen LogP contribution in [0.15, 0.2) is 11.6 Å². The third-order valence-corrected chi connectivity index (χ3v) is 1.18. The van der Waals surface area contributed by atoms with E-state index in [2.05, 4.69) is 0 Å². The highest BCUT2D eigenvalue weighted by Crippen LogP contribution is 1.98. The van der Waals surface area contributed by atoms with Crippen molar-refractivity contribution in [1.29, 1.82) is 0 Å². The van der Waals surface area contributed by atoms with Gasteiger partial charge in [-0.2, -0.15) is 0 Å². The van der Waals surface area contributed by atoms with Crippen LogP contribution in [0.1, 0.15) is 26.7 Å². The summed E-state index contributed by atoms with van der Waals surface area (Å²) in [5.74, 6) is -0.761. The Kier molecular flexibility index (Phi) is 3.76. The van der Waals surface area contributed by atoms with Crippen LogP contribution in [0, 0.1) is 0 Å². The molecule has 0 saturated carbocycles. The lowest BCUT2D eigenvalue weighted by Gasteiger charge is -1.90. The highest BCUT2D eigenvalue weighted by Gasteiger charge is 1.90. The molecule has 52 valence electrons. The topological polar surface area (TPSA) is 37.3 Å². The van der Waals surface area contributed by atoms with E-state index in [0.717, 1.165) is 12.0 Å². The first kappa shape index (κ1) is 8.21. The Morgan fingerprint density at radius 2 is 2.22 bits per heavy atom. The number of hydrogen-bond donors (Lipinski definition) is 1. The van der Waals surface area contributed by atoms with Gasteiger partial charge in [0.1, 0.15) is 0 Å². The van der Waals surface area contributed by atoms with Gasteiger partial charge < -0.3 is 5.11 Å². The van der Waals surface area contributed by atoms with Crippen molar-refractivity contribution in [3.05, 3.63) is 11.6 Å². The molecule has 0 unspecified atom stereocenters. The highest BCUT2D eigenvalue weighted by molar-refractivity contribution is 5.68. The first-order valence-electron chi connectivity index (χ1n) is 3.04. The second-order valence-corrected chi connectivity index (χ2v) is 2.00. The monoisotopic (exact) mass is 128 g/mol. The molecule has 0 bridgehead atoms. The molecule has 0 fully saturated rings. The van der Waals surface area contributed by atoms with Gasteiger partial charge in [0.15, 0.2) is 0 Å². The number of carboxylic acids is 1. The lowest BCUT2D eigenvalue weighted by molar-refractivity contribution is -0.136. The van der Waals surface area contributed by atoms with E-state index in [1.165, 1.54) is 0 Å². The summed E-state index contributed by atoms with van der Waals surface area (Å²) in [5, 5.41) is 8.21. The average Bonchev–Trinajstić information content (AvgIpc) is 1.83. The zero-order valence-corrected chi connectivity index (χ0v) is 5.85. The summed E-state index contributed by atoms with van der Waals surface area (Å²) in [6, 6.07) is 0. The maximum atomic E-state index is 9.98. The molecule has 2 nitrogen and oxygen atoms in total. The lowest BCUT2D eigenvalue weighted by atomic mass is 10.2. The molecule has 0 aliphatic rings. The number of rotatable bonds is 3. The van der Waals surface area contributed by atoms with Crippen molar-refractivity contribution in [2.24, 2.45) is 0 Å². The summed E-state index contributed by atoms with van der Waals surface area (Å²) in [6.07, 6.45) is 2.83. The van der Waals surface area contributed by atoms with Crippen molar-refractivity contribution >= 4 is 5.97 Å². The van der Waals surface area contributed by atoms with Crippen LogP contribution in [-0.2, 0) is 4.79 Å². The van der Waals surface area contributed by atoms with Gasteiger partial charge in [-0.3, -0.25) is 4.79 Å². The molecular weight excluding hydrogens is 116 g/mol. The normalized spacial score (nSPS) is 11.6. The van der Waals surface area contributed by atoms with Crippen molar-refractivity contribution in [3.8, 4) is 0 Å². The molecule has 0 aliphatic heterocycles. The van der Waals surface area contributed by atoms with Gasteiger partial charge in [-0.05, 0) is 13.3 Å².